The van der Waals surface area contributed by atoms with Gasteiger partial charge < -0.3 is 14.4 Å². The summed E-state index contributed by atoms with van der Waals surface area (Å²) >= 11 is 0. The molecule has 1 aliphatic heterocycles. The van der Waals surface area contributed by atoms with Gasteiger partial charge in [0.25, 0.3) is 5.89 Å². The summed E-state index contributed by atoms with van der Waals surface area (Å²) in [5.41, 5.74) is 0.328. The van der Waals surface area contributed by atoms with Crippen molar-refractivity contribution < 1.29 is 18.8 Å². The predicted molar refractivity (Wildman–Crippen MR) is 68.7 cm³/mol. The molecule has 20 heavy (non-hydrogen) atoms. The molecule has 1 N–H and O–H groups in total. The Morgan fingerprint density at radius 1 is 1.35 bits per heavy atom. The van der Waals surface area contributed by atoms with Crippen molar-refractivity contribution in [3.05, 3.63) is 29.8 Å². The van der Waals surface area contributed by atoms with Crippen molar-refractivity contribution in [1.82, 2.24) is 10.1 Å². The molecule has 0 radical (unpaired) electrons. The lowest BCUT2D eigenvalue weighted by Crippen LogP contribution is -2.21. The Kier molecular flexibility index (Phi) is 3.64. The van der Waals surface area contributed by atoms with Gasteiger partial charge >= 0.3 is 0 Å². The molecule has 0 spiro atoms. The Balaban J connectivity index is 1.75. The summed E-state index contributed by atoms with van der Waals surface area (Å²) in [5.74, 6) is -0.000329. The standard InChI is InChI=1S/C14H15FN2O3/c15-9-4-5-11(12(18)7-9)14-16-13(17-20-14)8-10-3-1-2-6-19-10/h4-5,7,10,18H,1-3,6,8H2. The number of benzene rings is 1. The van der Waals surface area contributed by atoms with Gasteiger partial charge in [0, 0.05) is 19.1 Å². The number of halogens is 1. The topological polar surface area (TPSA) is 68.4 Å². The van der Waals surface area contributed by atoms with E-state index < -0.39 is 5.82 Å². The molecule has 5 nitrogen and oxygen atoms in total. The summed E-state index contributed by atoms with van der Waals surface area (Å²) in [6.07, 6.45) is 3.94. The molecule has 1 fully saturated rings. The third-order valence-electron chi connectivity index (χ3n) is 3.34. The number of rotatable bonds is 3. The summed E-state index contributed by atoms with van der Waals surface area (Å²) in [4.78, 5) is 4.22. The smallest absolute Gasteiger partial charge is 0.261 e. The number of phenolic OH excluding ortho intramolecular Hbond substituents is 1. The second kappa shape index (κ2) is 5.58. The Hall–Kier alpha value is -1.95. The SMILES string of the molecule is Oc1cc(F)ccc1-c1nc(CC2CCCCO2)no1. The summed E-state index contributed by atoms with van der Waals surface area (Å²) in [5, 5.41) is 13.6. The highest BCUT2D eigenvalue weighted by molar-refractivity contribution is 5.61. The van der Waals surface area contributed by atoms with Crippen molar-refractivity contribution in [2.75, 3.05) is 6.61 Å². The number of aromatic nitrogens is 2. The molecule has 0 bridgehead atoms. The Labute approximate surface area is 115 Å². The molecule has 1 aromatic carbocycles. The van der Waals surface area contributed by atoms with Gasteiger partial charge in [-0.15, -0.1) is 0 Å². The third kappa shape index (κ3) is 2.80. The van der Waals surface area contributed by atoms with Crippen molar-refractivity contribution in [3.8, 4) is 17.2 Å². The van der Waals surface area contributed by atoms with E-state index in [-0.39, 0.29) is 17.7 Å². The van der Waals surface area contributed by atoms with Crippen LogP contribution in [0.25, 0.3) is 11.5 Å². The summed E-state index contributed by atoms with van der Waals surface area (Å²) in [7, 11) is 0. The van der Waals surface area contributed by atoms with Gasteiger partial charge in [0.1, 0.15) is 11.6 Å². The third-order valence-corrected chi connectivity index (χ3v) is 3.34. The number of phenols is 1. The van der Waals surface area contributed by atoms with Gasteiger partial charge in [0.05, 0.1) is 11.7 Å². The molecule has 1 unspecified atom stereocenters. The number of hydrogen-bond acceptors (Lipinski definition) is 5. The molecule has 2 aromatic rings. The zero-order valence-corrected chi connectivity index (χ0v) is 10.9. The Morgan fingerprint density at radius 2 is 2.25 bits per heavy atom. The lowest BCUT2D eigenvalue weighted by molar-refractivity contribution is 0.0153. The van der Waals surface area contributed by atoms with Crippen LogP contribution in [-0.4, -0.2) is 28.0 Å². The molecular formula is C14H15FN2O3. The van der Waals surface area contributed by atoms with E-state index in [9.17, 15) is 9.50 Å². The second-order valence-electron chi connectivity index (χ2n) is 4.87. The van der Waals surface area contributed by atoms with Gasteiger partial charge in [-0.05, 0) is 31.4 Å². The number of hydrogen-bond donors (Lipinski definition) is 1. The number of aromatic hydroxyl groups is 1. The number of nitrogens with zero attached hydrogens (tertiary/aromatic N) is 2. The van der Waals surface area contributed by atoms with Crippen LogP contribution in [0.4, 0.5) is 4.39 Å². The van der Waals surface area contributed by atoms with E-state index in [4.69, 9.17) is 9.26 Å². The average molecular weight is 278 g/mol. The van der Waals surface area contributed by atoms with Crippen LogP contribution in [0.2, 0.25) is 0 Å². The maximum Gasteiger partial charge on any atom is 0.261 e. The van der Waals surface area contributed by atoms with Crippen LogP contribution in [0.3, 0.4) is 0 Å². The van der Waals surface area contributed by atoms with E-state index in [0.29, 0.717) is 17.8 Å². The molecule has 2 heterocycles. The molecule has 0 amide bonds. The Bertz CT molecular complexity index is 594. The van der Waals surface area contributed by atoms with Crippen LogP contribution in [-0.2, 0) is 11.2 Å². The molecular weight excluding hydrogens is 263 g/mol. The quantitative estimate of drug-likeness (QED) is 0.934. The van der Waals surface area contributed by atoms with Crippen molar-refractivity contribution in [2.24, 2.45) is 0 Å². The fourth-order valence-corrected chi connectivity index (χ4v) is 2.30. The predicted octanol–water partition coefficient (Wildman–Crippen LogP) is 2.69. The van der Waals surface area contributed by atoms with E-state index in [0.717, 1.165) is 31.9 Å². The maximum absolute atomic E-state index is 12.9. The molecule has 1 aliphatic rings. The summed E-state index contributed by atoms with van der Waals surface area (Å²) in [6, 6.07) is 3.67. The van der Waals surface area contributed by atoms with Crippen molar-refractivity contribution in [1.29, 1.82) is 0 Å². The maximum atomic E-state index is 12.9. The van der Waals surface area contributed by atoms with Crippen LogP contribution < -0.4 is 0 Å². The zero-order chi connectivity index (χ0) is 13.9. The minimum absolute atomic E-state index is 0.121. The van der Waals surface area contributed by atoms with Crippen LogP contribution >= 0.6 is 0 Å². The van der Waals surface area contributed by atoms with Crippen LogP contribution in [0.5, 0.6) is 5.75 Å². The van der Waals surface area contributed by atoms with E-state index >= 15 is 0 Å². The minimum Gasteiger partial charge on any atom is -0.507 e. The fourth-order valence-electron chi connectivity index (χ4n) is 2.30. The average Bonchev–Trinajstić information content (AvgIpc) is 2.88. The molecule has 1 atom stereocenters. The van der Waals surface area contributed by atoms with E-state index in [2.05, 4.69) is 10.1 Å². The zero-order valence-electron chi connectivity index (χ0n) is 10.9. The van der Waals surface area contributed by atoms with Gasteiger partial charge in [0.15, 0.2) is 5.82 Å². The molecule has 3 rings (SSSR count). The van der Waals surface area contributed by atoms with E-state index in [1.165, 1.54) is 12.1 Å². The van der Waals surface area contributed by atoms with Gasteiger partial charge in [-0.2, -0.15) is 4.98 Å². The number of ether oxygens (including phenoxy) is 1. The molecule has 0 saturated carbocycles. The van der Waals surface area contributed by atoms with Crippen LogP contribution in [0, 0.1) is 5.82 Å². The second-order valence-corrected chi connectivity index (χ2v) is 4.87. The lowest BCUT2D eigenvalue weighted by atomic mass is 10.1. The Morgan fingerprint density at radius 3 is 3.00 bits per heavy atom. The van der Waals surface area contributed by atoms with E-state index in [1.807, 2.05) is 0 Å². The van der Waals surface area contributed by atoms with Crippen molar-refractivity contribution in [3.63, 3.8) is 0 Å². The first-order valence-corrected chi connectivity index (χ1v) is 6.65. The molecule has 0 aliphatic carbocycles. The molecule has 6 heteroatoms. The highest BCUT2D eigenvalue weighted by Crippen LogP contribution is 2.28. The monoisotopic (exact) mass is 278 g/mol. The van der Waals surface area contributed by atoms with Gasteiger partial charge in [-0.25, -0.2) is 4.39 Å². The highest BCUT2D eigenvalue weighted by atomic mass is 19.1. The summed E-state index contributed by atoms with van der Waals surface area (Å²) < 4.78 is 23.7. The van der Waals surface area contributed by atoms with Crippen molar-refractivity contribution >= 4 is 0 Å². The van der Waals surface area contributed by atoms with Gasteiger partial charge in [-0.1, -0.05) is 5.16 Å². The molecule has 106 valence electrons. The first kappa shape index (κ1) is 13.1. The van der Waals surface area contributed by atoms with Crippen molar-refractivity contribution in [2.45, 2.75) is 31.8 Å². The summed E-state index contributed by atoms with van der Waals surface area (Å²) in [6.45, 7) is 0.772. The first-order valence-electron chi connectivity index (χ1n) is 6.65. The van der Waals surface area contributed by atoms with Crippen LogP contribution in [0.1, 0.15) is 25.1 Å². The first-order chi connectivity index (χ1) is 9.72. The normalized spacial score (nSPS) is 19.1. The molecule has 1 aromatic heterocycles. The molecule has 1 saturated heterocycles. The van der Waals surface area contributed by atoms with Gasteiger partial charge in [-0.3, -0.25) is 0 Å². The van der Waals surface area contributed by atoms with Crippen LogP contribution in [0.15, 0.2) is 22.7 Å². The highest BCUT2D eigenvalue weighted by Gasteiger charge is 2.19. The minimum atomic E-state index is -0.512. The van der Waals surface area contributed by atoms with E-state index in [1.54, 1.807) is 0 Å². The largest absolute Gasteiger partial charge is 0.507 e. The lowest BCUT2D eigenvalue weighted by Gasteiger charge is -2.20. The van der Waals surface area contributed by atoms with Gasteiger partial charge in [0.2, 0.25) is 0 Å². The fraction of sp³-hybridized carbons (Fsp3) is 0.429.